The van der Waals surface area contributed by atoms with Gasteiger partial charge in [-0.05, 0) is 31.9 Å². The van der Waals surface area contributed by atoms with Crippen molar-refractivity contribution in [3.63, 3.8) is 0 Å². The van der Waals surface area contributed by atoms with Crippen LogP contribution in [0.25, 0.3) is 0 Å². The third-order valence-corrected chi connectivity index (χ3v) is 2.94. The molecule has 2 atom stereocenters. The average Bonchev–Trinajstić information content (AvgIpc) is 2.31. The lowest BCUT2D eigenvalue weighted by Gasteiger charge is -2.23. The molecule has 2 N–H and O–H groups in total. The summed E-state index contributed by atoms with van der Waals surface area (Å²) in [5.41, 5.74) is 1.00. The van der Waals surface area contributed by atoms with Gasteiger partial charge < -0.3 is 9.84 Å². The van der Waals surface area contributed by atoms with E-state index in [1.807, 2.05) is 32.9 Å². The Balaban J connectivity index is 2.64. The van der Waals surface area contributed by atoms with Gasteiger partial charge in [0.1, 0.15) is 12.0 Å². The first kappa shape index (κ1) is 14.3. The van der Waals surface area contributed by atoms with E-state index in [-0.39, 0.29) is 18.9 Å². The second-order valence-corrected chi connectivity index (χ2v) is 4.51. The molecule has 3 nitrogen and oxygen atoms in total. The van der Waals surface area contributed by atoms with Gasteiger partial charge >= 0.3 is 0 Å². The Morgan fingerprint density at radius 1 is 1.47 bits per heavy atom. The van der Waals surface area contributed by atoms with Gasteiger partial charge in [0.15, 0.2) is 0 Å². The first-order valence-electron chi connectivity index (χ1n) is 5.87. The average molecular weight is 258 g/mol. The van der Waals surface area contributed by atoms with Gasteiger partial charge in [0.25, 0.3) is 0 Å². The first-order chi connectivity index (χ1) is 8.08. The van der Waals surface area contributed by atoms with Crippen molar-refractivity contribution in [3.8, 4) is 5.75 Å². The molecule has 0 radical (unpaired) electrons. The molecule has 0 saturated heterocycles. The van der Waals surface area contributed by atoms with Gasteiger partial charge in [0, 0.05) is 6.04 Å². The van der Waals surface area contributed by atoms with Crippen LogP contribution in [0.1, 0.15) is 25.8 Å². The van der Waals surface area contributed by atoms with E-state index in [9.17, 15) is 0 Å². The zero-order valence-electron chi connectivity index (χ0n) is 10.5. The topological polar surface area (TPSA) is 41.5 Å². The van der Waals surface area contributed by atoms with Crippen molar-refractivity contribution in [3.05, 3.63) is 28.8 Å². The maximum atomic E-state index is 9.11. The van der Waals surface area contributed by atoms with E-state index in [1.165, 1.54) is 0 Å². The van der Waals surface area contributed by atoms with Crippen molar-refractivity contribution in [2.75, 3.05) is 6.61 Å². The summed E-state index contributed by atoms with van der Waals surface area (Å²) in [6, 6.07) is 5.70. The van der Waals surface area contributed by atoms with Crippen LogP contribution in [0.3, 0.4) is 0 Å². The molecule has 0 aliphatic rings. The number of para-hydroxylation sites is 1. The maximum absolute atomic E-state index is 9.11. The molecule has 1 rings (SSSR count). The lowest BCUT2D eigenvalue weighted by molar-refractivity contribution is 0.136. The van der Waals surface area contributed by atoms with Crippen LogP contribution < -0.4 is 10.1 Å². The molecule has 96 valence electrons. The van der Waals surface area contributed by atoms with Crippen LogP contribution in [0.15, 0.2) is 18.2 Å². The second kappa shape index (κ2) is 6.84. The SMILES string of the molecule is CC[C@H](CO)NC(C)Oc1c(C)cccc1Cl. The largest absolute Gasteiger partial charge is 0.474 e. The smallest absolute Gasteiger partial charge is 0.147 e. The molecule has 0 aliphatic heterocycles. The molecule has 0 amide bonds. The lowest BCUT2D eigenvalue weighted by Crippen LogP contribution is -2.41. The van der Waals surface area contributed by atoms with Crippen LogP contribution in [0.5, 0.6) is 5.75 Å². The predicted molar refractivity (Wildman–Crippen MR) is 70.6 cm³/mol. The van der Waals surface area contributed by atoms with E-state index in [0.717, 1.165) is 12.0 Å². The molecule has 17 heavy (non-hydrogen) atoms. The highest BCUT2D eigenvalue weighted by atomic mass is 35.5. The number of aryl methyl sites for hydroxylation is 1. The van der Waals surface area contributed by atoms with Gasteiger partial charge in [0.2, 0.25) is 0 Å². The molecule has 0 spiro atoms. The number of aliphatic hydroxyl groups is 1. The van der Waals surface area contributed by atoms with Crippen LogP contribution in [-0.4, -0.2) is 24.0 Å². The zero-order chi connectivity index (χ0) is 12.8. The first-order valence-corrected chi connectivity index (χ1v) is 6.25. The molecule has 1 aromatic rings. The van der Waals surface area contributed by atoms with E-state index < -0.39 is 0 Å². The quantitative estimate of drug-likeness (QED) is 0.770. The van der Waals surface area contributed by atoms with Crippen molar-refractivity contribution in [2.24, 2.45) is 0 Å². The standard InChI is InChI=1S/C13H20ClNO2/c1-4-11(8-16)15-10(3)17-13-9(2)6-5-7-12(13)14/h5-7,10-11,15-16H,4,8H2,1-3H3/t10?,11-/m1/s1. The fraction of sp³-hybridized carbons (Fsp3) is 0.538. The minimum Gasteiger partial charge on any atom is -0.474 e. The molecule has 1 aromatic carbocycles. The van der Waals surface area contributed by atoms with Crippen LogP contribution in [0.4, 0.5) is 0 Å². The molecule has 0 saturated carbocycles. The van der Waals surface area contributed by atoms with E-state index in [0.29, 0.717) is 10.8 Å². The summed E-state index contributed by atoms with van der Waals surface area (Å²) in [6.45, 7) is 5.98. The second-order valence-electron chi connectivity index (χ2n) is 4.10. The highest BCUT2D eigenvalue weighted by Crippen LogP contribution is 2.28. The fourth-order valence-electron chi connectivity index (χ4n) is 1.61. The maximum Gasteiger partial charge on any atom is 0.147 e. The number of nitrogens with one attached hydrogen (secondary N) is 1. The third-order valence-electron chi connectivity index (χ3n) is 2.64. The van der Waals surface area contributed by atoms with E-state index in [2.05, 4.69) is 5.32 Å². The van der Waals surface area contributed by atoms with Gasteiger partial charge in [-0.1, -0.05) is 30.7 Å². The Kier molecular flexibility index (Phi) is 5.75. The molecule has 0 aromatic heterocycles. The van der Waals surface area contributed by atoms with Crippen LogP contribution in [0, 0.1) is 6.92 Å². The van der Waals surface area contributed by atoms with E-state index in [1.54, 1.807) is 6.07 Å². The van der Waals surface area contributed by atoms with Crippen LogP contribution in [0.2, 0.25) is 5.02 Å². The number of benzene rings is 1. The summed E-state index contributed by atoms with van der Waals surface area (Å²) in [7, 11) is 0. The third kappa shape index (κ3) is 4.19. The normalized spacial score (nSPS) is 14.4. The van der Waals surface area contributed by atoms with Gasteiger partial charge in [0.05, 0.1) is 11.6 Å². The van der Waals surface area contributed by atoms with Crippen molar-refractivity contribution in [2.45, 2.75) is 39.5 Å². The Morgan fingerprint density at radius 3 is 2.71 bits per heavy atom. The molecule has 0 fully saturated rings. The van der Waals surface area contributed by atoms with Gasteiger partial charge in [-0.25, -0.2) is 0 Å². The molecule has 0 aliphatic carbocycles. The highest BCUT2D eigenvalue weighted by molar-refractivity contribution is 6.32. The molecule has 1 unspecified atom stereocenters. The number of halogens is 1. The van der Waals surface area contributed by atoms with Crippen molar-refractivity contribution < 1.29 is 9.84 Å². The number of hydrogen-bond donors (Lipinski definition) is 2. The number of ether oxygens (including phenoxy) is 1. The minimum atomic E-state index is -0.189. The van der Waals surface area contributed by atoms with Crippen molar-refractivity contribution >= 4 is 11.6 Å². The molecule has 0 heterocycles. The number of aliphatic hydroxyl groups excluding tert-OH is 1. The van der Waals surface area contributed by atoms with Crippen LogP contribution in [-0.2, 0) is 0 Å². The van der Waals surface area contributed by atoms with Gasteiger partial charge in [-0.2, -0.15) is 0 Å². The fourth-order valence-corrected chi connectivity index (χ4v) is 1.87. The molecular formula is C13H20ClNO2. The van der Waals surface area contributed by atoms with Gasteiger partial charge in [-0.15, -0.1) is 0 Å². The minimum absolute atomic E-state index is 0.0489. The lowest BCUT2D eigenvalue weighted by atomic mass is 10.2. The summed E-state index contributed by atoms with van der Waals surface area (Å²) in [5, 5.41) is 12.9. The van der Waals surface area contributed by atoms with E-state index in [4.69, 9.17) is 21.4 Å². The van der Waals surface area contributed by atoms with E-state index >= 15 is 0 Å². The summed E-state index contributed by atoms with van der Waals surface area (Å²) in [5.74, 6) is 0.696. The predicted octanol–water partition coefficient (Wildman–Crippen LogP) is 2.73. The summed E-state index contributed by atoms with van der Waals surface area (Å²) < 4.78 is 5.76. The summed E-state index contributed by atoms with van der Waals surface area (Å²) in [6.07, 6.45) is 0.664. The van der Waals surface area contributed by atoms with Crippen molar-refractivity contribution in [1.82, 2.24) is 5.32 Å². The Morgan fingerprint density at radius 2 is 2.18 bits per heavy atom. The summed E-state index contributed by atoms with van der Waals surface area (Å²) >= 11 is 6.08. The van der Waals surface area contributed by atoms with Gasteiger partial charge in [-0.3, -0.25) is 5.32 Å². The monoisotopic (exact) mass is 257 g/mol. The molecule has 4 heteroatoms. The van der Waals surface area contributed by atoms with Crippen LogP contribution >= 0.6 is 11.6 Å². The number of hydrogen-bond acceptors (Lipinski definition) is 3. The highest BCUT2D eigenvalue weighted by Gasteiger charge is 2.13. The molecular weight excluding hydrogens is 238 g/mol. The zero-order valence-corrected chi connectivity index (χ0v) is 11.3. The Hall–Kier alpha value is -0.770. The summed E-state index contributed by atoms with van der Waals surface area (Å²) in [4.78, 5) is 0. The number of rotatable bonds is 6. The Labute approximate surface area is 108 Å². The van der Waals surface area contributed by atoms with Crippen molar-refractivity contribution in [1.29, 1.82) is 0 Å². The Bertz CT molecular complexity index is 333. The molecule has 0 bridgehead atoms.